The van der Waals surface area contributed by atoms with Crippen molar-refractivity contribution in [3.63, 3.8) is 0 Å². The first kappa shape index (κ1) is 23.1. The summed E-state index contributed by atoms with van der Waals surface area (Å²) in [5.74, 6) is -1.12. The number of benzene rings is 1. The Morgan fingerprint density at radius 3 is 2.47 bits per heavy atom. The second-order valence-electron chi connectivity index (χ2n) is 7.35. The highest BCUT2D eigenvalue weighted by molar-refractivity contribution is 6.03. The molecule has 30 heavy (non-hydrogen) atoms. The molecule has 2 rings (SSSR count). The Morgan fingerprint density at radius 1 is 1.17 bits per heavy atom. The summed E-state index contributed by atoms with van der Waals surface area (Å²) in [5.41, 5.74) is 5.06. The van der Waals surface area contributed by atoms with Gasteiger partial charge in [0.1, 0.15) is 11.6 Å². The zero-order valence-electron chi connectivity index (χ0n) is 18.4. The fraction of sp³-hybridized carbons (Fsp3) is 0.375. The number of nitriles is 1. The van der Waals surface area contributed by atoms with Crippen molar-refractivity contribution in [1.29, 1.82) is 5.26 Å². The van der Waals surface area contributed by atoms with E-state index < -0.39 is 12.1 Å². The van der Waals surface area contributed by atoms with E-state index in [4.69, 9.17) is 9.47 Å². The van der Waals surface area contributed by atoms with Crippen LogP contribution in [-0.4, -0.2) is 36.1 Å². The van der Waals surface area contributed by atoms with E-state index in [0.29, 0.717) is 18.7 Å². The van der Waals surface area contributed by atoms with Crippen molar-refractivity contribution in [2.75, 3.05) is 13.7 Å². The number of nitrogens with zero attached hydrogens (tertiary/aromatic N) is 2. The standard InChI is InChI=1S/C24H28N2O4/c1-15-7-8-20(11-16(15)2)23(27)19(5)30-24(28)22(14-25)13-21-12-17(3)26(18(21)4)9-10-29-6/h7-8,11-13,19H,9-10H2,1-6H3/b22-13+/t19-/m0/s1. The van der Waals surface area contributed by atoms with E-state index in [1.807, 2.05) is 45.9 Å². The molecule has 0 radical (unpaired) electrons. The predicted octanol–water partition coefficient (Wildman–Crippen LogP) is 4.09. The van der Waals surface area contributed by atoms with Gasteiger partial charge >= 0.3 is 5.97 Å². The number of carbonyl (C=O) groups is 2. The summed E-state index contributed by atoms with van der Waals surface area (Å²) in [5, 5.41) is 9.47. The first-order chi connectivity index (χ1) is 14.2. The summed E-state index contributed by atoms with van der Waals surface area (Å²) >= 11 is 0. The first-order valence-electron chi connectivity index (χ1n) is 9.79. The Morgan fingerprint density at radius 2 is 1.87 bits per heavy atom. The molecule has 0 unspecified atom stereocenters. The third kappa shape index (κ3) is 5.25. The minimum atomic E-state index is -0.995. The van der Waals surface area contributed by atoms with Crippen molar-refractivity contribution in [3.05, 3.63) is 63.5 Å². The molecule has 0 fully saturated rings. The largest absolute Gasteiger partial charge is 0.450 e. The molecular formula is C24H28N2O4. The van der Waals surface area contributed by atoms with Crippen LogP contribution in [0.2, 0.25) is 0 Å². The van der Waals surface area contributed by atoms with Crippen molar-refractivity contribution in [2.45, 2.75) is 47.3 Å². The van der Waals surface area contributed by atoms with Gasteiger partial charge in [0.25, 0.3) is 0 Å². The van der Waals surface area contributed by atoms with E-state index >= 15 is 0 Å². The fourth-order valence-corrected chi connectivity index (χ4v) is 3.20. The average molecular weight is 408 g/mol. The van der Waals surface area contributed by atoms with Gasteiger partial charge in [0.05, 0.1) is 6.61 Å². The summed E-state index contributed by atoms with van der Waals surface area (Å²) in [7, 11) is 1.64. The third-order valence-corrected chi connectivity index (χ3v) is 5.22. The van der Waals surface area contributed by atoms with Gasteiger partial charge in [-0.25, -0.2) is 4.79 Å². The van der Waals surface area contributed by atoms with E-state index in [1.165, 1.54) is 13.0 Å². The van der Waals surface area contributed by atoms with Crippen molar-refractivity contribution in [2.24, 2.45) is 0 Å². The molecule has 0 bridgehead atoms. The number of ether oxygens (including phenoxy) is 2. The van der Waals surface area contributed by atoms with Crippen LogP contribution in [-0.2, 0) is 20.8 Å². The number of methoxy groups -OCH3 is 1. The molecule has 0 N–H and O–H groups in total. The highest BCUT2D eigenvalue weighted by Crippen LogP contribution is 2.19. The highest BCUT2D eigenvalue weighted by atomic mass is 16.5. The van der Waals surface area contributed by atoms with Crippen molar-refractivity contribution >= 4 is 17.8 Å². The van der Waals surface area contributed by atoms with Gasteiger partial charge in [0, 0.05) is 30.6 Å². The Balaban J connectivity index is 2.19. The van der Waals surface area contributed by atoms with Crippen molar-refractivity contribution in [3.8, 4) is 6.07 Å². The summed E-state index contributed by atoms with van der Waals surface area (Å²) in [6.07, 6.45) is 0.506. The lowest BCUT2D eigenvalue weighted by Gasteiger charge is -2.13. The molecular weight excluding hydrogens is 380 g/mol. The van der Waals surface area contributed by atoms with Gasteiger partial charge in [0.15, 0.2) is 6.10 Å². The zero-order chi connectivity index (χ0) is 22.4. The van der Waals surface area contributed by atoms with E-state index in [0.717, 1.165) is 28.1 Å². The van der Waals surface area contributed by atoms with Crippen LogP contribution in [0.4, 0.5) is 0 Å². The molecule has 158 valence electrons. The summed E-state index contributed by atoms with van der Waals surface area (Å²) in [6, 6.07) is 9.14. The lowest BCUT2D eigenvalue weighted by atomic mass is 10.0. The molecule has 0 aliphatic rings. The number of hydrogen-bond donors (Lipinski definition) is 0. The van der Waals surface area contributed by atoms with Crippen LogP contribution >= 0.6 is 0 Å². The second-order valence-corrected chi connectivity index (χ2v) is 7.35. The zero-order valence-corrected chi connectivity index (χ0v) is 18.4. The lowest BCUT2D eigenvalue weighted by molar-refractivity contribution is -0.141. The number of aromatic nitrogens is 1. The monoisotopic (exact) mass is 408 g/mol. The summed E-state index contributed by atoms with van der Waals surface area (Å²) in [6.45, 7) is 10.5. The van der Waals surface area contributed by atoms with E-state index in [1.54, 1.807) is 19.2 Å². The smallest absolute Gasteiger partial charge is 0.349 e. The quantitative estimate of drug-likeness (QED) is 0.284. The number of ketones is 1. The molecule has 6 nitrogen and oxygen atoms in total. The molecule has 0 amide bonds. The minimum Gasteiger partial charge on any atom is -0.450 e. The van der Waals surface area contributed by atoms with Crippen LogP contribution < -0.4 is 0 Å². The minimum absolute atomic E-state index is 0.151. The summed E-state index contributed by atoms with van der Waals surface area (Å²) < 4.78 is 12.5. The normalized spacial score (nSPS) is 12.4. The highest BCUT2D eigenvalue weighted by Gasteiger charge is 2.22. The molecule has 1 aromatic carbocycles. The first-order valence-corrected chi connectivity index (χ1v) is 9.79. The van der Waals surface area contributed by atoms with Crippen LogP contribution in [0.3, 0.4) is 0 Å². The number of hydrogen-bond acceptors (Lipinski definition) is 5. The predicted molar refractivity (Wildman–Crippen MR) is 115 cm³/mol. The number of rotatable bonds is 8. The van der Waals surface area contributed by atoms with Gasteiger partial charge in [-0.3, -0.25) is 4.79 Å². The van der Waals surface area contributed by atoms with Crippen LogP contribution in [0.1, 0.15) is 45.4 Å². The number of esters is 1. The molecule has 0 spiro atoms. The van der Waals surface area contributed by atoms with Crippen LogP contribution in [0.5, 0.6) is 0 Å². The Kier molecular flexibility index (Phi) is 7.73. The molecule has 0 saturated heterocycles. The molecule has 6 heteroatoms. The van der Waals surface area contributed by atoms with Gasteiger partial charge in [-0.2, -0.15) is 5.26 Å². The van der Waals surface area contributed by atoms with Gasteiger partial charge < -0.3 is 14.0 Å². The van der Waals surface area contributed by atoms with Crippen LogP contribution in [0, 0.1) is 39.0 Å². The number of Topliss-reactive ketones (excluding diaryl/α,β-unsaturated/α-hetero) is 1. The van der Waals surface area contributed by atoms with E-state index in [2.05, 4.69) is 4.57 Å². The van der Waals surface area contributed by atoms with Crippen LogP contribution in [0.15, 0.2) is 29.8 Å². The number of aryl methyl sites for hydroxylation is 3. The number of carbonyl (C=O) groups excluding carboxylic acids is 2. The molecule has 0 aliphatic heterocycles. The molecule has 1 heterocycles. The van der Waals surface area contributed by atoms with E-state index in [-0.39, 0.29) is 11.4 Å². The molecule has 2 aromatic rings. The maximum Gasteiger partial charge on any atom is 0.349 e. The van der Waals surface area contributed by atoms with E-state index in [9.17, 15) is 14.9 Å². The van der Waals surface area contributed by atoms with Gasteiger partial charge in [0.2, 0.25) is 5.78 Å². The lowest BCUT2D eigenvalue weighted by Crippen LogP contribution is -2.25. The fourth-order valence-electron chi connectivity index (χ4n) is 3.20. The molecule has 1 aromatic heterocycles. The second kappa shape index (κ2) is 10.0. The average Bonchev–Trinajstić information content (AvgIpc) is 2.98. The Labute approximate surface area is 177 Å². The van der Waals surface area contributed by atoms with Crippen molar-refractivity contribution in [1.82, 2.24) is 4.57 Å². The third-order valence-electron chi connectivity index (χ3n) is 5.22. The maximum atomic E-state index is 12.6. The molecule has 0 saturated carbocycles. The van der Waals surface area contributed by atoms with Gasteiger partial charge in [-0.15, -0.1) is 0 Å². The van der Waals surface area contributed by atoms with Gasteiger partial charge in [-0.05, 0) is 69.5 Å². The topological polar surface area (TPSA) is 81.3 Å². The SMILES string of the molecule is COCCn1c(C)cc(/C=C(\C#N)C(=O)O[C@@H](C)C(=O)c2ccc(C)c(C)c2)c1C. The Bertz CT molecular complexity index is 1020. The van der Waals surface area contributed by atoms with Crippen LogP contribution in [0.25, 0.3) is 6.08 Å². The maximum absolute atomic E-state index is 12.6. The molecule has 1 atom stereocenters. The Hall–Kier alpha value is -3.17. The molecule has 0 aliphatic carbocycles. The van der Waals surface area contributed by atoms with Gasteiger partial charge in [-0.1, -0.05) is 12.1 Å². The van der Waals surface area contributed by atoms with Crippen molar-refractivity contribution < 1.29 is 19.1 Å². The summed E-state index contributed by atoms with van der Waals surface area (Å²) in [4.78, 5) is 25.1.